The van der Waals surface area contributed by atoms with Crippen molar-refractivity contribution in [3.63, 3.8) is 0 Å². The van der Waals surface area contributed by atoms with Gasteiger partial charge in [-0.2, -0.15) is 0 Å². The van der Waals surface area contributed by atoms with Gasteiger partial charge in [-0.3, -0.25) is 14.4 Å². The summed E-state index contributed by atoms with van der Waals surface area (Å²) in [5.74, 6) is 1.20. The third-order valence-electron chi connectivity index (χ3n) is 8.21. The van der Waals surface area contributed by atoms with E-state index in [4.69, 9.17) is 9.47 Å². The number of carbonyl (C=O) groups excluding carboxylic acids is 3. The Labute approximate surface area is 208 Å². The molecule has 5 aliphatic rings. The molecule has 1 saturated heterocycles. The lowest BCUT2D eigenvalue weighted by Crippen LogP contribution is -2.59. The summed E-state index contributed by atoms with van der Waals surface area (Å²) in [5.41, 5.74) is 0.130. The number of amides is 3. The zero-order valence-electron chi connectivity index (χ0n) is 19.2. The number of nitrogens with zero attached hydrogens (tertiary/aromatic N) is 2. The maximum Gasteiger partial charge on any atom is 0.257 e. The van der Waals surface area contributed by atoms with Crippen molar-refractivity contribution in [3.05, 3.63) is 27.8 Å². The number of halogens is 1. The summed E-state index contributed by atoms with van der Waals surface area (Å²) in [4.78, 5) is 43.6. The van der Waals surface area contributed by atoms with Gasteiger partial charge in [0.2, 0.25) is 11.8 Å². The van der Waals surface area contributed by atoms with Crippen LogP contribution in [-0.4, -0.2) is 55.7 Å². The predicted molar refractivity (Wildman–Crippen MR) is 130 cm³/mol. The van der Waals surface area contributed by atoms with Gasteiger partial charge in [-0.15, -0.1) is 0 Å². The van der Waals surface area contributed by atoms with Crippen LogP contribution in [-0.2, 0) is 23.9 Å². The van der Waals surface area contributed by atoms with Gasteiger partial charge < -0.3 is 14.4 Å². The van der Waals surface area contributed by atoms with Crippen LogP contribution < -0.4 is 4.90 Å². The zero-order chi connectivity index (χ0) is 23.3. The monoisotopic (exact) mass is 566 g/mol. The van der Waals surface area contributed by atoms with E-state index in [0.29, 0.717) is 23.4 Å². The Morgan fingerprint density at radius 3 is 2.12 bits per heavy atom. The van der Waals surface area contributed by atoms with Crippen LogP contribution in [0.15, 0.2) is 24.3 Å². The molecule has 0 spiro atoms. The van der Waals surface area contributed by atoms with E-state index in [1.54, 1.807) is 17.0 Å². The standard InChI is InChI=1S/C25H31IN2O5/c1-32-22(33-2)14-27(24(31)25-11-15-7-16(12-25)9-17(8-15)13-25)20-10-21(29)28(23(20)30)19-5-3-18(26)4-6-19/h3-6,15-17,20,22H,7-14H2,1-2H3. The topological polar surface area (TPSA) is 76.2 Å². The first-order chi connectivity index (χ1) is 15.8. The lowest BCUT2D eigenvalue weighted by molar-refractivity contribution is -0.172. The lowest BCUT2D eigenvalue weighted by Gasteiger charge is -2.57. The molecule has 0 N–H and O–H groups in total. The van der Waals surface area contributed by atoms with E-state index in [1.165, 1.54) is 38.4 Å². The molecule has 5 fully saturated rings. The van der Waals surface area contributed by atoms with Crippen LogP contribution in [0.1, 0.15) is 44.9 Å². The molecule has 33 heavy (non-hydrogen) atoms. The fourth-order valence-electron chi connectivity index (χ4n) is 7.16. The van der Waals surface area contributed by atoms with Gasteiger partial charge >= 0.3 is 0 Å². The molecule has 1 aromatic carbocycles. The molecular weight excluding hydrogens is 535 g/mol. The number of methoxy groups -OCH3 is 2. The first-order valence-electron chi connectivity index (χ1n) is 11.8. The van der Waals surface area contributed by atoms with Crippen molar-refractivity contribution in [1.82, 2.24) is 4.90 Å². The molecule has 178 valence electrons. The number of hydrogen-bond donors (Lipinski definition) is 0. The highest BCUT2D eigenvalue weighted by Gasteiger charge is 2.57. The average molecular weight is 566 g/mol. The highest BCUT2D eigenvalue weighted by molar-refractivity contribution is 14.1. The number of ether oxygens (including phenoxy) is 2. The van der Waals surface area contributed by atoms with Crippen molar-refractivity contribution in [2.45, 2.75) is 57.3 Å². The smallest absolute Gasteiger partial charge is 0.257 e. The minimum absolute atomic E-state index is 0.0105. The normalized spacial score (nSPS) is 32.8. The molecule has 4 saturated carbocycles. The molecule has 1 heterocycles. The molecule has 1 aromatic rings. The molecule has 1 atom stereocenters. The van der Waals surface area contributed by atoms with Crippen LogP contribution >= 0.6 is 22.6 Å². The minimum Gasteiger partial charge on any atom is -0.354 e. The van der Waals surface area contributed by atoms with Crippen LogP contribution in [0, 0.1) is 26.7 Å². The number of anilines is 1. The molecule has 0 radical (unpaired) electrons. The quantitative estimate of drug-likeness (QED) is 0.287. The first-order valence-corrected chi connectivity index (χ1v) is 12.9. The zero-order valence-corrected chi connectivity index (χ0v) is 21.3. The number of carbonyl (C=O) groups is 3. The van der Waals surface area contributed by atoms with Crippen molar-refractivity contribution >= 4 is 46.0 Å². The molecule has 6 rings (SSSR count). The van der Waals surface area contributed by atoms with E-state index in [9.17, 15) is 14.4 Å². The van der Waals surface area contributed by atoms with Crippen LogP contribution in [0.25, 0.3) is 0 Å². The van der Waals surface area contributed by atoms with Crippen LogP contribution in [0.5, 0.6) is 0 Å². The largest absolute Gasteiger partial charge is 0.354 e. The van der Waals surface area contributed by atoms with Crippen LogP contribution in [0.3, 0.4) is 0 Å². The van der Waals surface area contributed by atoms with Gasteiger partial charge in [0.1, 0.15) is 6.04 Å². The molecule has 4 bridgehead atoms. The second-order valence-corrected chi connectivity index (χ2v) is 11.6. The van der Waals surface area contributed by atoms with E-state index in [1.807, 2.05) is 12.1 Å². The summed E-state index contributed by atoms with van der Waals surface area (Å²) >= 11 is 2.19. The van der Waals surface area contributed by atoms with Gasteiger partial charge in [0.15, 0.2) is 6.29 Å². The maximum absolute atomic E-state index is 14.2. The Morgan fingerprint density at radius 1 is 1.06 bits per heavy atom. The molecule has 4 aliphatic carbocycles. The van der Waals surface area contributed by atoms with Gasteiger partial charge in [-0.05, 0) is 103 Å². The highest BCUT2D eigenvalue weighted by Crippen LogP contribution is 2.60. The summed E-state index contributed by atoms with van der Waals surface area (Å²) < 4.78 is 11.9. The number of hydrogen-bond acceptors (Lipinski definition) is 5. The molecule has 0 aromatic heterocycles. The Kier molecular flexibility index (Phi) is 6.28. The fourth-order valence-corrected chi connectivity index (χ4v) is 7.52. The Hall–Kier alpha value is -1.52. The summed E-state index contributed by atoms with van der Waals surface area (Å²) in [5, 5.41) is 0. The second kappa shape index (κ2) is 8.92. The number of rotatable bonds is 7. The van der Waals surface area contributed by atoms with Crippen molar-refractivity contribution < 1.29 is 23.9 Å². The van der Waals surface area contributed by atoms with Crippen LogP contribution in [0.4, 0.5) is 5.69 Å². The van der Waals surface area contributed by atoms with E-state index in [0.717, 1.165) is 22.8 Å². The summed E-state index contributed by atoms with van der Waals surface area (Å²) in [6.45, 7) is 0.137. The predicted octanol–water partition coefficient (Wildman–Crippen LogP) is 3.59. The minimum atomic E-state index is -0.829. The summed E-state index contributed by atoms with van der Waals surface area (Å²) in [6.07, 6.45) is 5.71. The SMILES string of the molecule is COC(CN(C(=O)C12CC3CC(CC(C3)C1)C2)C1CC(=O)N(c2ccc(I)cc2)C1=O)OC. The average Bonchev–Trinajstić information content (AvgIpc) is 3.08. The Balaban J connectivity index is 1.45. The summed E-state index contributed by atoms with van der Waals surface area (Å²) in [6, 6.07) is 6.46. The highest BCUT2D eigenvalue weighted by atomic mass is 127. The lowest BCUT2D eigenvalue weighted by atomic mass is 9.49. The maximum atomic E-state index is 14.2. The third kappa shape index (κ3) is 4.12. The molecule has 3 amide bonds. The van der Waals surface area contributed by atoms with Gasteiger partial charge in [0.25, 0.3) is 5.91 Å². The van der Waals surface area contributed by atoms with Gasteiger partial charge in [0, 0.05) is 17.8 Å². The van der Waals surface area contributed by atoms with Crippen molar-refractivity contribution in [1.29, 1.82) is 0 Å². The Bertz CT molecular complexity index is 909. The molecule has 8 heteroatoms. The fraction of sp³-hybridized carbons (Fsp3) is 0.640. The number of imide groups is 1. The summed E-state index contributed by atoms with van der Waals surface area (Å²) in [7, 11) is 3.06. The Morgan fingerprint density at radius 2 is 1.61 bits per heavy atom. The molecule has 7 nitrogen and oxygen atoms in total. The molecule has 1 unspecified atom stereocenters. The molecule has 1 aliphatic heterocycles. The third-order valence-corrected chi connectivity index (χ3v) is 8.93. The van der Waals surface area contributed by atoms with E-state index in [2.05, 4.69) is 22.6 Å². The van der Waals surface area contributed by atoms with Gasteiger partial charge in [0.05, 0.1) is 24.1 Å². The van der Waals surface area contributed by atoms with E-state index in [-0.39, 0.29) is 30.7 Å². The second-order valence-electron chi connectivity index (χ2n) is 10.3. The number of benzene rings is 1. The van der Waals surface area contributed by atoms with E-state index < -0.39 is 17.7 Å². The van der Waals surface area contributed by atoms with Crippen LogP contribution in [0.2, 0.25) is 0 Å². The molecular formula is C25H31IN2O5. The van der Waals surface area contributed by atoms with E-state index >= 15 is 0 Å². The van der Waals surface area contributed by atoms with Gasteiger partial charge in [-0.25, -0.2) is 4.90 Å². The van der Waals surface area contributed by atoms with Crippen molar-refractivity contribution in [2.24, 2.45) is 23.2 Å². The van der Waals surface area contributed by atoms with Crippen molar-refractivity contribution in [3.8, 4) is 0 Å². The first kappa shape index (κ1) is 23.2. The van der Waals surface area contributed by atoms with Crippen molar-refractivity contribution in [2.75, 3.05) is 25.7 Å². The van der Waals surface area contributed by atoms with Gasteiger partial charge in [-0.1, -0.05) is 0 Å².